The summed E-state index contributed by atoms with van der Waals surface area (Å²) < 4.78 is 39.9. The number of nitrogens with zero attached hydrogens (tertiary/aromatic N) is 2. The molecular formula is C17H11F3N4O2. The van der Waals surface area contributed by atoms with Gasteiger partial charge in [0.05, 0.1) is 11.3 Å². The van der Waals surface area contributed by atoms with Crippen LogP contribution in [0.25, 0.3) is 0 Å². The average Bonchev–Trinajstić information content (AvgIpc) is 2.63. The standard InChI is InChI=1S/C17H11F3N4O2/c18-11-5-6-12(15(20)14(11)19)23-17-21-8-7-13(24-17)22-10-3-1-9(2-4-10)16(25)26/h1-8H,(H,25,26)(H2,21,22,23,24). The van der Waals surface area contributed by atoms with Gasteiger partial charge in [-0.1, -0.05) is 0 Å². The van der Waals surface area contributed by atoms with Gasteiger partial charge in [0.15, 0.2) is 17.5 Å². The Bertz CT molecular complexity index is 965. The van der Waals surface area contributed by atoms with E-state index in [2.05, 4.69) is 20.6 Å². The SMILES string of the molecule is O=C(O)c1ccc(Nc2ccnc(Nc3ccc(F)c(F)c3F)n2)cc1. The van der Waals surface area contributed by atoms with E-state index < -0.39 is 23.4 Å². The van der Waals surface area contributed by atoms with Crippen LogP contribution in [0.2, 0.25) is 0 Å². The lowest BCUT2D eigenvalue weighted by molar-refractivity contribution is 0.0697. The Balaban J connectivity index is 1.78. The maximum Gasteiger partial charge on any atom is 0.335 e. The molecule has 132 valence electrons. The third kappa shape index (κ3) is 3.72. The van der Waals surface area contributed by atoms with E-state index in [1.54, 1.807) is 12.1 Å². The molecule has 0 saturated heterocycles. The van der Waals surface area contributed by atoms with Crippen LogP contribution in [-0.4, -0.2) is 21.0 Å². The van der Waals surface area contributed by atoms with Crippen molar-refractivity contribution >= 4 is 29.1 Å². The van der Waals surface area contributed by atoms with Crippen LogP contribution < -0.4 is 10.6 Å². The van der Waals surface area contributed by atoms with Gasteiger partial charge in [-0.25, -0.2) is 22.9 Å². The van der Waals surface area contributed by atoms with Crippen molar-refractivity contribution in [1.29, 1.82) is 0 Å². The van der Waals surface area contributed by atoms with Gasteiger partial charge in [-0.2, -0.15) is 4.98 Å². The van der Waals surface area contributed by atoms with Gasteiger partial charge < -0.3 is 15.7 Å². The minimum atomic E-state index is -1.59. The normalized spacial score (nSPS) is 10.4. The van der Waals surface area contributed by atoms with Crippen molar-refractivity contribution < 1.29 is 23.1 Å². The summed E-state index contributed by atoms with van der Waals surface area (Å²) in [5, 5.41) is 14.3. The first kappa shape index (κ1) is 17.2. The number of benzene rings is 2. The number of carboxylic acids is 1. The van der Waals surface area contributed by atoms with E-state index in [4.69, 9.17) is 5.11 Å². The molecule has 9 heteroatoms. The maximum atomic E-state index is 13.7. The van der Waals surface area contributed by atoms with Gasteiger partial charge >= 0.3 is 5.97 Å². The van der Waals surface area contributed by atoms with Crippen molar-refractivity contribution in [2.45, 2.75) is 0 Å². The third-order valence-electron chi connectivity index (χ3n) is 3.34. The first-order valence-electron chi connectivity index (χ1n) is 7.28. The van der Waals surface area contributed by atoms with Crippen LogP contribution in [-0.2, 0) is 0 Å². The molecule has 0 fully saturated rings. The minimum Gasteiger partial charge on any atom is -0.478 e. The minimum absolute atomic E-state index is 0.0398. The highest BCUT2D eigenvalue weighted by Gasteiger charge is 2.14. The topological polar surface area (TPSA) is 87.1 Å². The zero-order chi connectivity index (χ0) is 18.7. The van der Waals surface area contributed by atoms with Crippen molar-refractivity contribution in [3.05, 3.63) is 71.7 Å². The highest BCUT2D eigenvalue weighted by atomic mass is 19.2. The van der Waals surface area contributed by atoms with Crippen molar-refractivity contribution in [2.24, 2.45) is 0 Å². The molecule has 3 aromatic rings. The van der Waals surface area contributed by atoms with Crippen LogP contribution in [0.3, 0.4) is 0 Å². The molecule has 0 amide bonds. The predicted octanol–water partition coefficient (Wildman–Crippen LogP) is 4.08. The smallest absolute Gasteiger partial charge is 0.335 e. The third-order valence-corrected chi connectivity index (χ3v) is 3.34. The molecule has 0 radical (unpaired) electrons. The van der Waals surface area contributed by atoms with Crippen LogP contribution in [0.1, 0.15) is 10.4 Å². The molecule has 6 nitrogen and oxygen atoms in total. The number of carbonyl (C=O) groups is 1. The summed E-state index contributed by atoms with van der Waals surface area (Å²) >= 11 is 0. The largest absolute Gasteiger partial charge is 0.478 e. The van der Waals surface area contributed by atoms with Crippen LogP contribution in [0, 0.1) is 17.5 Å². The van der Waals surface area contributed by atoms with Crippen LogP contribution in [0.5, 0.6) is 0 Å². The van der Waals surface area contributed by atoms with Crippen LogP contribution in [0.15, 0.2) is 48.7 Å². The molecule has 0 aliphatic heterocycles. The lowest BCUT2D eigenvalue weighted by Gasteiger charge is -2.09. The fourth-order valence-electron chi connectivity index (χ4n) is 2.08. The number of anilines is 4. The Kier molecular flexibility index (Phi) is 4.70. The molecule has 1 heterocycles. The molecule has 26 heavy (non-hydrogen) atoms. The zero-order valence-corrected chi connectivity index (χ0v) is 13.0. The molecule has 1 aromatic heterocycles. The fraction of sp³-hybridized carbons (Fsp3) is 0. The molecule has 2 aromatic carbocycles. The molecule has 0 aliphatic carbocycles. The van der Waals surface area contributed by atoms with Gasteiger partial charge in [0, 0.05) is 11.9 Å². The van der Waals surface area contributed by atoms with Gasteiger partial charge in [0.25, 0.3) is 0 Å². The van der Waals surface area contributed by atoms with Crippen molar-refractivity contribution in [2.75, 3.05) is 10.6 Å². The highest BCUT2D eigenvalue weighted by molar-refractivity contribution is 5.88. The summed E-state index contributed by atoms with van der Waals surface area (Å²) in [6, 6.07) is 9.28. The molecule has 0 saturated carbocycles. The lowest BCUT2D eigenvalue weighted by atomic mass is 10.2. The van der Waals surface area contributed by atoms with Gasteiger partial charge in [-0.3, -0.25) is 0 Å². The van der Waals surface area contributed by atoms with E-state index in [0.717, 1.165) is 12.1 Å². The quantitative estimate of drug-likeness (QED) is 0.595. The molecule has 0 spiro atoms. The number of carboxylic acid groups (broad SMARTS) is 1. The van der Waals surface area contributed by atoms with Crippen molar-refractivity contribution in [3.8, 4) is 0 Å². The molecule has 0 aliphatic rings. The van der Waals surface area contributed by atoms with Crippen LogP contribution >= 0.6 is 0 Å². The van der Waals surface area contributed by atoms with E-state index in [0.29, 0.717) is 11.5 Å². The van der Waals surface area contributed by atoms with Gasteiger partial charge in [0.1, 0.15) is 5.82 Å². The van der Waals surface area contributed by atoms with E-state index >= 15 is 0 Å². The second-order valence-electron chi connectivity index (χ2n) is 5.12. The van der Waals surface area contributed by atoms with Crippen LogP contribution in [0.4, 0.5) is 36.3 Å². The Morgan fingerprint density at radius 2 is 1.65 bits per heavy atom. The summed E-state index contributed by atoms with van der Waals surface area (Å²) in [5.74, 6) is -5.03. The average molecular weight is 360 g/mol. The number of aromatic carboxylic acids is 1. The molecule has 0 atom stereocenters. The molecule has 0 unspecified atom stereocenters. The van der Waals surface area contributed by atoms with Crippen molar-refractivity contribution in [3.63, 3.8) is 0 Å². The first-order chi connectivity index (χ1) is 12.4. The van der Waals surface area contributed by atoms with E-state index in [9.17, 15) is 18.0 Å². The van der Waals surface area contributed by atoms with Crippen molar-refractivity contribution in [1.82, 2.24) is 9.97 Å². The van der Waals surface area contributed by atoms with Gasteiger partial charge in [-0.05, 0) is 42.5 Å². The second kappa shape index (κ2) is 7.09. The Labute approximate surface area is 145 Å². The predicted molar refractivity (Wildman–Crippen MR) is 88.3 cm³/mol. The Morgan fingerprint density at radius 3 is 2.35 bits per heavy atom. The maximum absolute atomic E-state index is 13.7. The number of halogens is 3. The second-order valence-corrected chi connectivity index (χ2v) is 5.12. The summed E-state index contributed by atoms with van der Waals surface area (Å²) in [5.41, 5.74) is 0.389. The number of rotatable bonds is 5. The molecular weight excluding hydrogens is 349 g/mol. The molecule has 3 N–H and O–H groups in total. The summed E-state index contributed by atoms with van der Waals surface area (Å²) in [6.45, 7) is 0. The Hall–Kier alpha value is -3.62. The molecule has 3 rings (SSSR count). The summed E-state index contributed by atoms with van der Waals surface area (Å²) in [7, 11) is 0. The summed E-state index contributed by atoms with van der Waals surface area (Å²) in [4.78, 5) is 18.8. The first-order valence-corrected chi connectivity index (χ1v) is 7.28. The van der Waals surface area contributed by atoms with Gasteiger partial charge in [-0.15, -0.1) is 0 Å². The number of nitrogens with one attached hydrogen (secondary N) is 2. The van der Waals surface area contributed by atoms with Gasteiger partial charge in [0.2, 0.25) is 5.95 Å². The number of aromatic nitrogens is 2. The number of hydrogen-bond acceptors (Lipinski definition) is 5. The molecule has 0 bridgehead atoms. The Morgan fingerprint density at radius 1 is 0.923 bits per heavy atom. The number of hydrogen-bond donors (Lipinski definition) is 3. The van der Waals surface area contributed by atoms with E-state index in [1.165, 1.54) is 24.4 Å². The highest BCUT2D eigenvalue weighted by Crippen LogP contribution is 2.23. The fourth-order valence-corrected chi connectivity index (χ4v) is 2.08. The summed E-state index contributed by atoms with van der Waals surface area (Å²) in [6.07, 6.45) is 1.38. The zero-order valence-electron chi connectivity index (χ0n) is 13.0. The van der Waals surface area contributed by atoms with E-state index in [1.807, 2.05) is 0 Å². The lowest BCUT2D eigenvalue weighted by Crippen LogP contribution is -2.03. The monoisotopic (exact) mass is 360 g/mol. The van der Waals surface area contributed by atoms with E-state index in [-0.39, 0.29) is 17.2 Å².